The minimum absolute atomic E-state index is 0.0803. The SMILES string of the molecule is O=C(CCCCC(=O)OCC1CCC(O)C(O)C1)OCC1CCC(O)C(O)C1. The molecule has 0 aliphatic heterocycles. The highest BCUT2D eigenvalue weighted by Gasteiger charge is 2.29. The van der Waals surface area contributed by atoms with Crippen LogP contribution in [0.15, 0.2) is 0 Å². The molecule has 0 amide bonds. The van der Waals surface area contributed by atoms with Gasteiger partial charge in [0.25, 0.3) is 0 Å². The van der Waals surface area contributed by atoms with Gasteiger partial charge in [0.15, 0.2) is 0 Å². The molecular weight excluding hydrogens is 368 g/mol. The number of esters is 2. The number of aliphatic hydroxyl groups is 4. The average Bonchev–Trinajstić information content (AvgIpc) is 2.67. The molecule has 6 unspecified atom stereocenters. The molecule has 162 valence electrons. The van der Waals surface area contributed by atoms with E-state index >= 15 is 0 Å². The quantitative estimate of drug-likeness (QED) is 0.327. The Kier molecular flexibility index (Phi) is 9.64. The van der Waals surface area contributed by atoms with Gasteiger partial charge in [-0.15, -0.1) is 0 Å². The largest absolute Gasteiger partial charge is 0.465 e. The van der Waals surface area contributed by atoms with E-state index in [1.807, 2.05) is 0 Å². The molecule has 2 rings (SSSR count). The van der Waals surface area contributed by atoms with Gasteiger partial charge in [0.05, 0.1) is 37.6 Å². The number of rotatable bonds is 9. The number of hydrogen-bond donors (Lipinski definition) is 4. The van der Waals surface area contributed by atoms with Gasteiger partial charge in [0.1, 0.15) is 0 Å². The Morgan fingerprint density at radius 1 is 0.643 bits per heavy atom. The molecule has 0 bridgehead atoms. The van der Waals surface area contributed by atoms with Crippen molar-refractivity contribution >= 4 is 11.9 Å². The maximum Gasteiger partial charge on any atom is 0.305 e. The summed E-state index contributed by atoms with van der Waals surface area (Å²) < 4.78 is 10.5. The van der Waals surface area contributed by atoms with Gasteiger partial charge in [-0.25, -0.2) is 0 Å². The molecule has 0 aromatic carbocycles. The fourth-order valence-corrected chi connectivity index (χ4v) is 3.84. The Balaban J connectivity index is 1.48. The van der Waals surface area contributed by atoms with Crippen LogP contribution in [0.3, 0.4) is 0 Å². The lowest BCUT2D eigenvalue weighted by molar-refractivity contribution is -0.148. The highest BCUT2D eigenvalue weighted by atomic mass is 16.5. The summed E-state index contributed by atoms with van der Waals surface area (Å²) in [6.45, 7) is 0.513. The molecule has 0 saturated heterocycles. The molecule has 8 nitrogen and oxygen atoms in total. The van der Waals surface area contributed by atoms with E-state index in [0.717, 1.165) is 12.8 Å². The van der Waals surface area contributed by atoms with E-state index in [-0.39, 0.29) is 49.8 Å². The van der Waals surface area contributed by atoms with Crippen molar-refractivity contribution in [3.8, 4) is 0 Å². The zero-order chi connectivity index (χ0) is 20.5. The van der Waals surface area contributed by atoms with Crippen molar-refractivity contribution in [3.05, 3.63) is 0 Å². The molecule has 2 aliphatic carbocycles. The summed E-state index contributed by atoms with van der Waals surface area (Å²) in [5.41, 5.74) is 0. The summed E-state index contributed by atoms with van der Waals surface area (Å²) in [6, 6.07) is 0. The van der Waals surface area contributed by atoms with E-state index in [9.17, 15) is 30.0 Å². The third kappa shape index (κ3) is 8.03. The Bertz CT molecular complexity index is 453. The standard InChI is InChI=1S/C20H34O8/c21-15-7-5-13(9-17(15)23)11-27-19(25)3-1-2-4-20(26)28-12-14-6-8-16(22)18(24)10-14/h13-18,21-24H,1-12H2. The van der Waals surface area contributed by atoms with Gasteiger partial charge in [-0.3, -0.25) is 9.59 Å². The highest BCUT2D eigenvalue weighted by molar-refractivity contribution is 5.70. The van der Waals surface area contributed by atoms with Gasteiger partial charge in [-0.2, -0.15) is 0 Å². The average molecular weight is 402 g/mol. The van der Waals surface area contributed by atoms with Crippen molar-refractivity contribution in [1.82, 2.24) is 0 Å². The first kappa shape index (κ1) is 23.1. The van der Waals surface area contributed by atoms with Crippen molar-refractivity contribution in [2.45, 2.75) is 88.6 Å². The van der Waals surface area contributed by atoms with E-state index in [2.05, 4.69) is 0 Å². The first-order chi connectivity index (χ1) is 13.3. The van der Waals surface area contributed by atoms with Crippen LogP contribution < -0.4 is 0 Å². The smallest absolute Gasteiger partial charge is 0.305 e. The summed E-state index contributed by atoms with van der Waals surface area (Å²) >= 11 is 0. The van der Waals surface area contributed by atoms with Crippen molar-refractivity contribution in [2.24, 2.45) is 11.8 Å². The van der Waals surface area contributed by atoms with Gasteiger partial charge < -0.3 is 29.9 Å². The Morgan fingerprint density at radius 3 is 1.39 bits per heavy atom. The molecule has 28 heavy (non-hydrogen) atoms. The van der Waals surface area contributed by atoms with Crippen LogP contribution in [-0.2, 0) is 19.1 Å². The van der Waals surface area contributed by atoms with Crippen LogP contribution >= 0.6 is 0 Å². The van der Waals surface area contributed by atoms with Gasteiger partial charge in [0, 0.05) is 12.8 Å². The summed E-state index contributed by atoms with van der Waals surface area (Å²) in [5, 5.41) is 38.2. The van der Waals surface area contributed by atoms with Crippen LogP contribution in [0, 0.1) is 11.8 Å². The molecular formula is C20H34O8. The summed E-state index contributed by atoms with van der Waals surface area (Å²) in [6.07, 6.45) is 2.08. The number of hydrogen-bond acceptors (Lipinski definition) is 8. The molecule has 0 aromatic rings. The molecule has 0 aromatic heterocycles. The fourth-order valence-electron chi connectivity index (χ4n) is 3.84. The third-order valence-corrected chi connectivity index (χ3v) is 5.75. The van der Waals surface area contributed by atoms with E-state index in [0.29, 0.717) is 38.5 Å². The maximum atomic E-state index is 11.8. The number of aliphatic hydroxyl groups excluding tert-OH is 4. The second-order valence-corrected chi connectivity index (χ2v) is 8.20. The van der Waals surface area contributed by atoms with Gasteiger partial charge in [-0.1, -0.05) is 0 Å². The van der Waals surface area contributed by atoms with Crippen LogP contribution in [0.5, 0.6) is 0 Å². The minimum Gasteiger partial charge on any atom is -0.465 e. The topological polar surface area (TPSA) is 134 Å². The first-order valence-electron chi connectivity index (χ1n) is 10.4. The predicted molar refractivity (Wildman–Crippen MR) is 99.1 cm³/mol. The van der Waals surface area contributed by atoms with Crippen molar-refractivity contribution in [1.29, 1.82) is 0 Å². The fraction of sp³-hybridized carbons (Fsp3) is 0.900. The molecule has 2 aliphatic rings. The highest BCUT2D eigenvalue weighted by Crippen LogP contribution is 2.26. The van der Waals surface area contributed by atoms with Crippen molar-refractivity contribution in [3.63, 3.8) is 0 Å². The molecule has 0 radical (unpaired) electrons. The van der Waals surface area contributed by atoms with Crippen LogP contribution in [0.1, 0.15) is 64.2 Å². The normalized spacial score (nSPS) is 33.3. The van der Waals surface area contributed by atoms with Crippen LogP contribution in [0.2, 0.25) is 0 Å². The number of carbonyl (C=O) groups is 2. The Labute approximate surface area is 165 Å². The zero-order valence-corrected chi connectivity index (χ0v) is 16.4. The number of unbranched alkanes of at least 4 members (excludes halogenated alkanes) is 1. The predicted octanol–water partition coefficient (Wildman–Crippen LogP) is 0.677. The molecule has 8 heteroatoms. The molecule has 2 fully saturated rings. The monoisotopic (exact) mass is 402 g/mol. The second kappa shape index (κ2) is 11.7. The maximum absolute atomic E-state index is 11.8. The van der Waals surface area contributed by atoms with Crippen molar-refractivity contribution < 1.29 is 39.5 Å². The summed E-state index contributed by atoms with van der Waals surface area (Å²) in [4.78, 5) is 23.5. The van der Waals surface area contributed by atoms with Crippen LogP contribution in [0.25, 0.3) is 0 Å². The summed E-state index contributed by atoms with van der Waals surface area (Å²) in [7, 11) is 0. The van der Waals surface area contributed by atoms with Gasteiger partial charge in [-0.05, 0) is 63.2 Å². The molecule has 2 saturated carbocycles. The molecule has 0 spiro atoms. The van der Waals surface area contributed by atoms with Gasteiger partial charge >= 0.3 is 11.9 Å². The lowest BCUT2D eigenvalue weighted by Gasteiger charge is -2.29. The minimum atomic E-state index is -0.745. The summed E-state index contributed by atoms with van der Waals surface area (Å²) in [5.74, 6) is -0.471. The number of ether oxygens (including phenoxy) is 2. The van der Waals surface area contributed by atoms with Crippen molar-refractivity contribution in [2.75, 3.05) is 13.2 Å². The first-order valence-corrected chi connectivity index (χ1v) is 10.4. The van der Waals surface area contributed by atoms with E-state index < -0.39 is 24.4 Å². The van der Waals surface area contributed by atoms with E-state index in [1.54, 1.807) is 0 Å². The molecule has 4 N–H and O–H groups in total. The van der Waals surface area contributed by atoms with Gasteiger partial charge in [0.2, 0.25) is 0 Å². The lowest BCUT2D eigenvalue weighted by Crippen LogP contribution is -2.35. The van der Waals surface area contributed by atoms with Crippen LogP contribution in [-0.4, -0.2) is 70.0 Å². The van der Waals surface area contributed by atoms with E-state index in [4.69, 9.17) is 9.47 Å². The molecule has 6 atom stereocenters. The molecule has 0 heterocycles. The third-order valence-electron chi connectivity index (χ3n) is 5.75. The number of carbonyl (C=O) groups excluding carboxylic acids is 2. The Hall–Kier alpha value is -1.22. The second-order valence-electron chi connectivity index (χ2n) is 8.20. The lowest BCUT2D eigenvalue weighted by atomic mass is 9.86. The Morgan fingerprint density at radius 2 is 1.04 bits per heavy atom. The van der Waals surface area contributed by atoms with E-state index in [1.165, 1.54) is 0 Å². The zero-order valence-electron chi connectivity index (χ0n) is 16.4. The van der Waals surface area contributed by atoms with Crippen LogP contribution in [0.4, 0.5) is 0 Å².